The summed E-state index contributed by atoms with van der Waals surface area (Å²) >= 11 is 0. The van der Waals surface area contributed by atoms with Crippen molar-refractivity contribution in [2.45, 2.75) is 39.0 Å². The third-order valence-electron chi connectivity index (χ3n) is 2.60. The zero-order valence-electron chi connectivity index (χ0n) is 11.0. The van der Waals surface area contributed by atoms with Crippen molar-refractivity contribution in [2.75, 3.05) is 13.1 Å². The fourth-order valence-electron chi connectivity index (χ4n) is 1.34. The first-order valence-electron chi connectivity index (χ1n) is 5.70. The second-order valence-electron chi connectivity index (χ2n) is 3.88. The van der Waals surface area contributed by atoms with Crippen LogP contribution in [0, 0.1) is 0 Å². The molecule has 0 aliphatic heterocycles. The van der Waals surface area contributed by atoms with Crippen molar-refractivity contribution >= 4 is 21.9 Å². The van der Waals surface area contributed by atoms with Crippen molar-refractivity contribution in [2.24, 2.45) is 0 Å². The van der Waals surface area contributed by atoms with Crippen LogP contribution in [0.5, 0.6) is 0 Å². The lowest BCUT2D eigenvalue weighted by Crippen LogP contribution is -2.49. The van der Waals surface area contributed by atoms with Crippen molar-refractivity contribution in [3.8, 4) is 0 Å². The van der Waals surface area contributed by atoms with Crippen LogP contribution in [-0.2, 0) is 19.6 Å². The summed E-state index contributed by atoms with van der Waals surface area (Å²) in [5.74, 6) is -1.83. The number of nitrogens with one attached hydrogen (secondary N) is 1. The van der Waals surface area contributed by atoms with Gasteiger partial charge in [-0.05, 0) is 27.7 Å². The molecule has 106 valence electrons. The van der Waals surface area contributed by atoms with E-state index >= 15 is 0 Å². The molecule has 0 aliphatic carbocycles. The molecule has 0 aromatic heterocycles. The number of nitrogens with zero attached hydrogens (tertiary/aromatic N) is 1. The quantitative estimate of drug-likeness (QED) is 0.662. The van der Waals surface area contributed by atoms with Gasteiger partial charge < -0.3 is 10.0 Å². The van der Waals surface area contributed by atoms with Crippen molar-refractivity contribution in [3.05, 3.63) is 0 Å². The zero-order chi connectivity index (χ0) is 14.5. The number of carbonyl (C=O) groups excluding carboxylic acids is 1. The number of rotatable bonds is 7. The molecule has 0 heterocycles. The Bertz CT molecular complexity index is 402. The normalized spacial score (nSPS) is 14.9. The molecule has 0 spiro atoms. The summed E-state index contributed by atoms with van der Waals surface area (Å²) in [6.45, 7) is 6.95. The molecule has 18 heavy (non-hydrogen) atoms. The molecule has 0 fully saturated rings. The van der Waals surface area contributed by atoms with E-state index in [0.29, 0.717) is 13.1 Å². The Morgan fingerprint density at radius 3 is 2.00 bits per heavy atom. The molecule has 0 aromatic rings. The lowest BCUT2D eigenvalue weighted by molar-refractivity contribution is -0.136. The molecule has 2 N–H and O–H groups in total. The number of hydrogen-bond acceptors (Lipinski definition) is 4. The predicted molar refractivity (Wildman–Crippen MR) is 66.5 cm³/mol. The number of amides is 1. The third kappa shape index (κ3) is 4.26. The van der Waals surface area contributed by atoms with Crippen LogP contribution in [0.4, 0.5) is 0 Å². The molecule has 0 rings (SSSR count). The fraction of sp³-hybridized carbons (Fsp3) is 0.800. The maximum atomic E-state index is 11.8. The van der Waals surface area contributed by atoms with E-state index in [2.05, 4.69) is 4.72 Å². The molecular formula is C10H20N2O5S. The minimum atomic E-state index is -4.05. The van der Waals surface area contributed by atoms with Crippen LogP contribution in [0.3, 0.4) is 0 Å². The van der Waals surface area contributed by atoms with Gasteiger partial charge in [0.05, 0.1) is 6.04 Å². The van der Waals surface area contributed by atoms with E-state index in [1.165, 1.54) is 11.8 Å². The average molecular weight is 280 g/mol. The van der Waals surface area contributed by atoms with Crippen LogP contribution in [0.25, 0.3) is 0 Å². The van der Waals surface area contributed by atoms with Gasteiger partial charge >= 0.3 is 5.97 Å². The number of aliphatic carboxylic acids is 1. The smallest absolute Gasteiger partial charge is 0.323 e. The van der Waals surface area contributed by atoms with Crippen LogP contribution in [-0.4, -0.2) is 54.7 Å². The van der Waals surface area contributed by atoms with Crippen molar-refractivity contribution in [1.29, 1.82) is 0 Å². The van der Waals surface area contributed by atoms with Gasteiger partial charge in [0.1, 0.15) is 0 Å². The Hall–Kier alpha value is -1.15. The molecule has 8 heteroatoms. The highest BCUT2D eigenvalue weighted by atomic mass is 32.2. The Kier molecular flexibility index (Phi) is 6.27. The van der Waals surface area contributed by atoms with E-state index in [4.69, 9.17) is 5.11 Å². The van der Waals surface area contributed by atoms with Gasteiger partial charge in [-0.3, -0.25) is 9.59 Å². The number of likely N-dealkylation sites (N-methyl/N-ethyl adjacent to an activating group) is 1. The summed E-state index contributed by atoms with van der Waals surface area (Å²) in [6, 6.07) is -0.975. The van der Waals surface area contributed by atoms with E-state index in [0.717, 1.165) is 6.92 Å². The molecule has 0 radical (unpaired) electrons. The second-order valence-corrected chi connectivity index (χ2v) is 5.91. The number of carboxylic acid groups (broad SMARTS) is 1. The molecule has 7 nitrogen and oxygen atoms in total. The van der Waals surface area contributed by atoms with Gasteiger partial charge in [0, 0.05) is 13.1 Å². The maximum Gasteiger partial charge on any atom is 0.323 e. The summed E-state index contributed by atoms with van der Waals surface area (Å²) < 4.78 is 25.3. The minimum Gasteiger partial charge on any atom is -0.480 e. The Labute approximate surface area is 107 Å². The number of hydrogen-bond donors (Lipinski definition) is 2. The van der Waals surface area contributed by atoms with Gasteiger partial charge in [-0.25, -0.2) is 13.1 Å². The van der Waals surface area contributed by atoms with E-state index in [-0.39, 0.29) is 5.91 Å². The van der Waals surface area contributed by atoms with Crippen LogP contribution in [0.1, 0.15) is 27.7 Å². The summed E-state index contributed by atoms with van der Waals surface area (Å²) in [5, 5.41) is 7.06. The Balaban J connectivity index is 4.81. The van der Waals surface area contributed by atoms with Crippen molar-refractivity contribution in [1.82, 2.24) is 9.62 Å². The highest BCUT2D eigenvalue weighted by Crippen LogP contribution is 2.02. The van der Waals surface area contributed by atoms with Crippen LogP contribution in [0.15, 0.2) is 0 Å². The number of sulfonamides is 1. The fourth-order valence-corrected chi connectivity index (χ4v) is 2.40. The largest absolute Gasteiger partial charge is 0.480 e. The topological polar surface area (TPSA) is 104 Å². The highest BCUT2D eigenvalue weighted by Gasteiger charge is 2.31. The molecule has 2 unspecified atom stereocenters. The van der Waals surface area contributed by atoms with Gasteiger partial charge in [0.2, 0.25) is 15.9 Å². The van der Waals surface area contributed by atoms with Crippen molar-refractivity contribution in [3.63, 3.8) is 0 Å². The molecule has 0 saturated heterocycles. The Morgan fingerprint density at radius 2 is 1.67 bits per heavy atom. The van der Waals surface area contributed by atoms with Gasteiger partial charge in [0.25, 0.3) is 0 Å². The molecule has 0 saturated carbocycles. The SMILES string of the molecule is CCN(CC)C(=O)C(C)NS(=O)(=O)C(C)C(=O)O. The first-order valence-corrected chi connectivity index (χ1v) is 7.24. The van der Waals surface area contributed by atoms with Gasteiger partial charge in [-0.15, -0.1) is 0 Å². The molecule has 0 aliphatic rings. The monoisotopic (exact) mass is 280 g/mol. The van der Waals surface area contributed by atoms with Crippen LogP contribution >= 0.6 is 0 Å². The zero-order valence-corrected chi connectivity index (χ0v) is 11.8. The first-order chi connectivity index (χ1) is 8.17. The van der Waals surface area contributed by atoms with E-state index in [1.54, 1.807) is 13.8 Å². The lowest BCUT2D eigenvalue weighted by atomic mass is 10.3. The number of carboxylic acids is 1. The van der Waals surface area contributed by atoms with Gasteiger partial charge in [-0.2, -0.15) is 0 Å². The summed E-state index contributed by atoms with van der Waals surface area (Å²) in [7, 11) is -4.05. The minimum absolute atomic E-state index is 0.374. The van der Waals surface area contributed by atoms with E-state index in [9.17, 15) is 18.0 Å². The van der Waals surface area contributed by atoms with Crippen LogP contribution < -0.4 is 4.72 Å². The highest BCUT2D eigenvalue weighted by molar-refractivity contribution is 7.90. The average Bonchev–Trinajstić information content (AvgIpc) is 2.28. The van der Waals surface area contributed by atoms with Gasteiger partial charge in [-0.1, -0.05) is 0 Å². The first kappa shape index (κ1) is 16.9. The maximum absolute atomic E-state index is 11.8. The number of carbonyl (C=O) groups is 2. The molecule has 2 atom stereocenters. The third-order valence-corrected chi connectivity index (χ3v) is 4.41. The molecule has 0 aromatic carbocycles. The standard InChI is InChI=1S/C10H20N2O5S/c1-5-12(6-2)9(13)7(3)11-18(16,17)8(4)10(14)15/h7-8,11H,5-6H2,1-4H3,(H,14,15). The Morgan fingerprint density at radius 1 is 1.22 bits per heavy atom. The van der Waals surface area contributed by atoms with E-state index in [1.807, 2.05) is 0 Å². The second kappa shape index (κ2) is 6.69. The summed E-state index contributed by atoms with van der Waals surface area (Å²) in [5.41, 5.74) is 0. The van der Waals surface area contributed by atoms with Crippen molar-refractivity contribution < 1.29 is 23.1 Å². The molecule has 0 bridgehead atoms. The lowest BCUT2D eigenvalue weighted by Gasteiger charge is -2.23. The predicted octanol–water partition coefficient (Wildman–Crippen LogP) is -0.364. The van der Waals surface area contributed by atoms with E-state index < -0.39 is 27.3 Å². The van der Waals surface area contributed by atoms with Gasteiger partial charge in [0.15, 0.2) is 5.25 Å². The molecule has 1 amide bonds. The summed E-state index contributed by atoms with van der Waals surface area (Å²) in [6.07, 6.45) is 0. The van der Waals surface area contributed by atoms with Crippen LogP contribution in [0.2, 0.25) is 0 Å². The summed E-state index contributed by atoms with van der Waals surface area (Å²) in [4.78, 5) is 23.9. The molecular weight excluding hydrogens is 260 g/mol.